The van der Waals surface area contributed by atoms with Gasteiger partial charge in [0.2, 0.25) is 5.88 Å². The molecule has 1 aliphatic heterocycles. The number of para-hydroxylation sites is 1. The summed E-state index contributed by atoms with van der Waals surface area (Å²) in [5.74, 6) is -1.13. The summed E-state index contributed by atoms with van der Waals surface area (Å²) in [5.41, 5.74) is -3.34. The van der Waals surface area contributed by atoms with Gasteiger partial charge in [0.1, 0.15) is 29.6 Å². The van der Waals surface area contributed by atoms with E-state index in [2.05, 4.69) is 10.1 Å². The van der Waals surface area contributed by atoms with Crippen molar-refractivity contribution < 1.29 is 46.9 Å². The van der Waals surface area contributed by atoms with Crippen molar-refractivity contribution in [3.63, 3.8) is 0 Å². The van der Waals surface area contributed by atoms with Crippen molar-refractivity contribution in [3.8, 4) is 11.6 Å². The molecule has 6 atom stereocenters. The lowest BCUT2D eigenvalue weighted by atomic mass is 9.96. The maximum absolute atomic E-state index is 13.8. The van der Waals surface area contributed by atoms with E-state index >= 15 is 0 Å². The fourth-order valence-electron chi connectivity index (χ4n) is 3.31. The van der Waals surface area contributed by atoms with Crippen LogP contribution in [0.4, 0.5) is 0 Å². The highest BCUT2D eigenvalue weighted by molar-refractivity contribution is 7.52. The molecule has 1 aliphatic rings. The summed E-state index contributed by atoms with van der Waals surface area (Å²) in [5, 5.41) is 24.2. The Balaban J connectivity index is 1.94. The molecule has 1 aromatic carbocycles. The fraction of sp³-hybridized carbons (Fsp3) is 0.522. The highest BCUT2D eigenvalue weighted by Crippen LogP contribution is 2.46. The molecular formula is C23H32N3O10P. The van der Waals surface area contributed by atoms with Crippen molar-refractivity contribution in [1.82, 2.24) is 14.6 Å². The van der Waals surface area contributed by atoms with Crippen LogP contribution in [-0.4, -0.2) is 69.4 Å². The lowest BCUT2D eigenvalue weighted by Gasteiger charge is -2.27. The zero-order chi connectivity index (χ0) is 30.0. The number of hydrogen-bond donors (Lipinski definition) is 3. The Kier molecular flexibility index (Phi) is 7.77. The van der Waals surface area contributed by atoms with Gasteiger partial charge in [-0.15, -0.1) is 0 Å². The summed E-state index contributed by atoms with van der Waals surface area (Å²) >= 11 is 0. The number of carbonyl (C=O) groups excluding carboxylic acids is 1. The maximum Gasteiger partial charge on any atom is 0.459 e. The largest absolute Gasteiger partial charge is 0.481 e. The van der Waals surface area contributed by atoms with E-state index < -0.39 is 62.1 Å². The van der Waals surface area contributed by atoms with Crippen LogP contribution in [0.3, 0.4) is 0 Å². The number of benzene rings is 1. The highest BCUT2D eigenvalue weighted by atomic mass is 31.2. The molecule has 14 heteroatoms. The Morgan fingerprint density at radius 3 is 2.68 bits per heavy atom. The van der Waals surface area contributed by atoms with Crippen LogP contribution in [0.2, 0.25) is 0 Å². The lowest BCUT2D eigenvalue weighted by Crippen LogP contribution is -2.46. The van der Waals surface area contributed by atoms with Crippen LogP contribution in [0.5, 0.6) is 11.6 Å². The number of aromatic nitrogens is 2. The van der Waals surface area contributed by atoms with E-state index in [0.717, 1.165) is 13.1 Å². The van der Waals surface area contributed by atoms with Crippen molar-refractivity contribution in [2.45, 2.75) is 63.9 Å². The van der Waals surface area contributed by atoms with Gasteiger partial charge in [-0.2, -0.15) is 10.1 Å². The molecule has 0 unspecified atom stereocenters. The van der Waals surface area contributed by atoms with Gasteiger partial charge in [-0.1, -0.05) is 18.2 Å². The number of aliphatic hydroxyl groups excluding tert-OH is 1. The minimum atomic E-state index is -4.78. The normalized spacial score (nSPS) is 27.5. The second kappa shape index (κ2) is 11.7. The molecule has 1 saturated heterocycles. The molecular weight excluding hydrogens is 509 g/mol. The van der Waals surface area contributed by atoms with Crippen molar-refractivity contribution in [2.75, 3.05) is 13.7 Å². The van der Waals surface area contributed by atoms with Crippen LogP contribution in [0.15, 0.2) is 47.4 Å². The first-order valence-electron chi connectivity index (χ1n) is 12.7. The van der Waals surface area contributed by atoms with E-state index in [9.17, 15) is 24.4 Å². The van der Waals surface area contributed by atoms with E-state index in [1.165, 1.54) is 26.2 Å². The van der Waals surface area contributed by atoms with Gasteiger partial charge in [0.05, 0.1) is 23.9 Å². The summed E-state index contributed by atoms with van der Waals surface area (Å²) in [7, 11) is -3.58. The highest BCUT2D eigenvalue weighted by Gasteiger charge is 2.54. The Labute approximate surface area is 218 Å². The molecule has 0 amide bonds. The minimum absolute atomic E-state index is 0.00448. The van der Waals surface area contributed by atoms with E-state index in [0.29, 0.717) is 4.57 Å². The van der Waals surface area contributed by atoms with Crippen molar-refractivity contribution in [1.29, 1.82) is 0 Å². The van der Waals surface area contributed by atoms with Gasteiger partial charge in [0, 0.05) is 12.2 Å². The molecule has 0 aliphatic carbocycles. The molecule has 0 radical (unpaired) electrons. The summed E-state index contributed by atoms with van der Waals surface area (Å²) in [4.78, 5) is 28.5. The second-order valence-electron chi connectivity index (χ2n) is 8.61. The van der Waals surface area contributed by atoms with Gasteiger partial charge in [0.15, 0.2) is 6.23 Å². The third kappa shape index (κ3) is 6.95. The number of carbonyl (C=O) groups is 1. The summed E-state index contributed by atoms with van der Waals surface area (Å²) in [6, 6.07) is 5.93. The predicted octanol–water partition coefficient (Wildman–Crippen LogP) is 1.39. The van der Waals surface area contributed by atoms with Crippen molar-refractivity contribution in [3.05, 3.63) is 53.1 Å². The number of hydrogen-bond acceptors (Lipinski definition) is 11. The van der Waals surface area contributed by atoms with Crippen LogP contribution < -0.4 is 20.0 Å². The Morgan fingerprint density at radius 2 is 2.05 bits per heavy atom. The van der Waals surface area contributed by atoms with Gasteiger partial charge >= 0.3 is 19.4 Å². The van der Waals surface area contributed by atoms with E-state index in [1.54, 1.807) is 32.0 Å². The fourth-order valence-corrected chi connectivity index (χ4v) is 4.67. The standard InChI is InChI=1S/C23H32N3O10P/c1-14(2)34-20(28)15(3)25-37(31,36-16-9-7-6-8-10-16)33-13-17-19(27)23(4,30)21(35-17)26-12-11-18(32-5)24-22(26)29/h6-12,14-15,17,19,21,27,30H,13H2,1-5H3,(H,25,31)/t15-,17+,19+,21+,23+,37-/m0/s1/i11D,13D2. The molecule has 1 aromatic heterocycles. The maximum atomic E-state index is 13.8. The predicted molar refractivity (Wildman–Crippen MR) is 130 cm³/mol. The van der Waals surface area contributed by atoms with Crippen LogP contribution in [-0.2, 0) is 23.4 Å². The van der Waals surface area contributed by atoms with Gasteiger partial charge in [-0.3, -0.25) is 13.9 Å². The van der Waals surface area contributed by atoms with Gasteiger partial charge in [0.25, 0.3) is 0 Å². The average molecular weight is 545 g/mol. The number of ether oxygens (including phenoxy) is 3. The van der Waals surface area contributed by atoms with Crippen LogP contribution in [0, 0.1) is 0 Å². The third-order valence-electron chi connectivity index (χ3n) is 5.17. The number of aliphatic hydroxyl groups is 2. The molecule has 3 N–H and O–H groups in total. The zero-order valence-electron chi connectivity index (χ0n) is 23.9. The number of methoxy groups -OCH3 is 1. The van der Waals surface area contributed by atoms with Gasteiger partial charge in [-0.05, 0) is 39.8 Å². The molecule has 37 heavy (non-hydrogen) atoms. The first kappa shape index (κ1) is 24.5. The number of nitrogens with zero attached hydrogens (tertiary/aromatic N) is 2. The third-order valence-corrected chi connectivity index (χ3v) is 6.67. The van der Waals surface area contributed by atoms with Crippen molar-refractivity contribution in [2.24, 2.45) is 0 Å². The minimum Gasteiger partial charge on any atom is -0.481 e. The number of nitrogens with one attached hydrogen (secondary N) is 1. The summed E-state index contributed by atoms with van der Waals surface area (Å²) in [6.45, 7) is 2.42. The lowest BCUT2D eigenvalue weighted by molar-refractivity contribution is -0.149. The Hall–Kier alpha value is -2.80. The van der Waals surface area contributed by atoms with Crippen molar-refractivity contribution >= 4 is 13.7 Å². The molecule has 0 bridgehead atoms. The van der Waals surface area contributed by atoms with Gasteiger partial charge < -0.3 is 28.9 Å². The first-order chi connectivity index (χ1) is 18.5. The molecule has 2 aromatic rings. The van der Waals surface area contributed by atoms with Crippen LogP contribution >= 0.6 is 7.75 Å². The van der Waals surface area contributed by atoms with E-state index in [4.69, 9.17) is 27.4 Å². The number of rotatable bonds is 11. The molecule has 1 fully saturated rings. The molecule has 2 heterocycles. The molecule has 3 rings (SSSR count). The molecule has 0 saturated carbocycles. The Morgan fingerprint density at radius 1 is 1.38 bits per heavy atom. The SMILES string of the molecule is [2H]c1cn([C@@H]2O[C@H](C([2H])([2H])O[P@@](=O)(N[C@@H](C)C(=O)OC(C)C)Oc3ccccc3)[C@@H](O)[C@@]2(C)O)c(=O)nc1OC. The first-order valence-corrected chi connectivity index (χ1v) is 12.8. The average Bonchev–Trinajstić information content (AvgIpc) is 3.09. The number of esters is 1. The van der Waals surface area contributed by atoms with Crippen LogP contribution in [0.1, 0.15) is 38.0 Å². The Bertz CT molecular complexity index is 1310. The van der Waals surface area contributed by atoms with Gasteiger partial charge in [-0.25, -0.2) is 9.36 Å². The quantitative estimate of drug-likeness (QED) is 0.275. The molecule has 204 valence electrons. The topological polar surface area (TPSA) is 168 Å². The zero-order valence-corrected chi connectivity index (χ0v) is 21.7. The molecule has 13 nitrogen and oxygen atoms in total. The summed E-state index contributed by atoms with van der Waals surface area (Å²) in [6.07, 6.45) is -5.41. The van der Waals surface area contributed by atoms with Crippen LogP contribution in [0.25, 0.3) is 0 Å². The smallest absolute Gasteiger partial charge is 0.459 e. The summed E-state index contributed by atoms with van der Waals surface area (Å²) < 4.78 is 65.7. The monoisotopic (exact) mass is 544 g/mol. The van der Waals surface area contributed by atoms with E-state index in [-0.39, 0.29) is 17.7 Å². The van der Waals surface area contributed by atoms with E-state index in [1.807, 2.05) is 0 Å². The molecule has 0 spiro atoms. The second-order valence-corrected chi connectivity index (χ2v) is 10.2.